The fourth-order valence-corrected chi connectivity index (χ4v) is 3.94. The average molecular weight is 444 g/mol. The van der Waals surface area contributed by atoms with E-state index in [2.05, 4.69) is 36.9 Å². The second-order valence-electron chi connectivity index (χ2n) is 8.07. The monoisotopic (exact) mass is 444 g/mol. The van der Waals surface area contributed by atoms with Gasteiger partial charge in [0.15, 0.2) is 0 Å². The fraction of sp³-hybridized carbons (Fsp3) is 0.261. The first kappa shape index (κ1) is 20.7. The molecule has 0 aromatic carbocycles. The molecule has 4 aromatic rings. The standard InChI is InChI=1S/C23H24N8O2/c1-4-19(32)31(3)16-8-17(9-16)33-22-20-18(14-6-5-7-24-10-14)12-25-21(20)28-23(29-22)27-15-11-26-30(2)13-15/h4-7,10-13,16-17H,1,8-9H2,2-3H3,(H2,25,27,28,29). The highest BCUT2D eigenvalue weighted by Gasteiger charge is 2.36. The van der Waals surface area contributed by atoms with Crippen molar-refractivity contribution in [2.45, 2.75) is 25.0 Å². The first-order valence-corrected chi connectivity index (χ1v) is 10.6. The highest BCUT2D eigenvalue weighted by atomic mass is 16.5. The summed E-state index contributed by atoms with van der Waals surface area (Å²) in [6.45, 7) is 3.56. The van der Waals surface area contributed by atoms with Crippen molar-refractivity contribution in [2.24, 2.45) is 7.05 Å². The number of pyridine rings is 1. The van der Waals surface area contributed by atoms with E-state index in [1.807, 2.05) is 31.6 Å². The number of hydrogen-bond donors (Lipinski definition) is 2. The minimum atomic E-state index is -0.0877. The smallest absolute Gasteiger partial charge is 0.245 e. The van der Waals surface area contributed by atoms with Crippen molar-refractivity contribution >= 4 is 28.6 Å². The van der Waals surface area contributed by atoms with Crippen molar-refractivity contribution in [3.05, 3.63) is 55.8 Å². The zero-order valence-electron chi connectivity index (χ0n) is 18.4. The second-order valence-corrected chi connectivity index (χ2v) is 8.07. The van der Waals surface area contributed by atoms with E-state index in [0.717, 1.165) is 35.0 Å². The maximum absolute atomic E-state index is 11.9. The van der Waals surface area contributed by atoms with Gasteiger partial charge in [0.1, 0.15) is 11.8 Å². The third kappa shape index (κ3) is 4.02. The van der Waals surface area contributed by atoms with E-state index in [0.29, 0.717) is 17.5 Å². The summed E-state index contributed by atoms with van der Waals surface area (Å²) < 4.78 is 8.04. The molecular weight excluding hydrogens is 420 g/mol. The molecule has 0 spiro atoms. The number of nitrogens with one attached hydrogen (secondary N) is 2. The van der Waals surface area contributed by atoms with Crippen molar-refractivity contribution in [2.75, 3.05) is 12.4 Å². The number of likely N-dealkylation sites (N-methyl/N-ethyl adjacent to an activating group) is 1. The number of aromatic nitrogens is 6. The largest absolute Gasteiger partial charge is 0.474 e. The topological polar surface area (TPSA) is 114 Å². The summed E-state index contributed by atoms with van der Waals surface area (Å²) in [6.07, 6.45) is 11.7. The molecule has 168 valence electrons. The predicted octanol–water partition coefficient (Wildman–Crippen LogP) is 3.05. The highest BCUT2D eigenvalue weighted by molar-refractivity contribution is 5.97. The summed E-state index contributed by atoms with van der Waals surface area (Å²) in [5.41, 5.74) is 3.28. The molecule has 10 nitrogen and oxygen atoms in total. The maximum Gasteiger partial charge on any atom is 0.245 e. The van der Waals surface area contributed by atoms with Crippen LogP contribution in [0.1, 0.15) is 12.8 Å². The van der Waals surface area contributed by atoms with E-state index >= 15 is 0 Å². The number of aromatic amines is 1. The van der Waals surface area contributed by atoms with Crippen LogP contribution in [0.5, 0.6) is 5.88 Å². The van der Waals surface area contributed by atoms with Crippen LogP contribution in [0.25, 0.3) is 22.2 Å². The van der Waals surface area contributed by atoms with E-state index in [9.17, 15) is 4.79 Å². The highest BCUT2D eigenvalue weighted by Crippen LogP contribution is 2.37. The molecule has 0 saturated heterocycles. The van der Waals surface area contributed by atoms with Crippen molar-refractivity contribution in [3.8, 4) is 17.0 Å². The Morgan fingerprint density at radius 3 is 2.91 bits per heavy atom. The van der Waals surface area contributed by atoms with E-state index < -0.39 is 0 Å². The Morgan fingerprint density at radius 2 is 2.21 bits per heavy atom. The van der Waals surface area contributed by atoms with Gasteiger partial charge in [0.05, 0.1) is 17.3 Å². The molecule has 10 heteroatoms. The van der Waals surface area contributed by atoms with E-state index in [1.165, 1.54) is 6.08 Å². The van der Waals surface area contributed by atoms with Crippen molar-refractivity contribution in [3.63, 3.8) is 0 Å². The quantitative estimate of drug-likeness (QED) is 0.421. The molecule has 1 saturated carbocycles. The Labute approximate surface area is 190 Å². The summed E-state index contributed by atoms with van der Waals surface area (Å²) in [5.74, 6) is 0.794. The Hall–Kier alpha value is -4.21. The van der Waals surface area contributed by atoms with E-state index in [4.69, 9.17) is 4.74 Å². The van der Waals surface area contributed by atoms with Gasteiger partial charge in [-0.05, 0) is 12.1 Å². The second kappa shape index (κ2) is 8.38. The number of hydrogen-bond acceptors (Lipinski definition) is 7. The van der Waals surface area contributed by atoms with Crippen molar-refractivity contribution in [1.82, 2.24) is 34.6 Å². The minimum absolute atomic E-state index is 0.0592. The van der Waals surface area contributed by atoms with Gasteiger partial charge in [-0.25, -0.2) is 0 Å². The number of amides is 1. The molecule has 33 heavy (non-hydrogen) atoms. The lowest BCUT2D eigenvalue weighted by Crippen LogP contribution is -2.49. The molecule has 2 N–H and O–H groups in total. The van der Waals surface area contributed by atoms with Crippen molar-refractivity contribution < 1.29 is 9.53 Å². The van der Waals surface area contributed by atoms with Crippen LogP contribution >= 0.6 is 0 Å². The molecule has 0 unspecified atom stereocenters. The Bertz CT molecular complexity index is 1310. The summed E-state index contributed by atoms with van der Waals surface area (Å²) in [7, 11) is 3.63. The number of fused-ring (bicyclic) bond motifs is 1. The Balaban J connectivity index is 1.47. The van der Waals surface area contributed by atoms with Gasteiger partial charge in [-0.2, -0.15) is 15.1 Å². The summed E-state index contributed by atoms with van der Waals surface area (Å²) in [6, 6.07) is 3.99. The lowest BCUT2D eigenvalue weighted by Gasteiger charge is -2.40. The molecule has 0 radical (unpaired) electrons. The predicted molar refractivity (Wildman–Crippen MR) is 124 cm³/mol. The minimum Gasteiger partial charge on any atom is -0.474 e. The molecular formula is C23H24N8O2. The summed E-state index contributed by atoms with van der Waals surface area (Å²) in [4.78, 5) is 30.4. The van der Waals surface area contributed by atoms with Crippen LogP contribution in [0.4, 0.5) is 11.6 Å². The molecule has 1 aliphatic carbocycles. The van der Waals surface area contributed by atoms with E-state index in [1.54, 1.807) is 35.2 Å². The molecule has 0 aliphatic heterocycles. The van der Waals surface area contributed by atoms with Gasteiger partial charge in [-0.1, -0.05) is 12.6 Å². The van der Waals surface area contributed by atoms with Crippen LogP contribution < -0.4 is 10.1 Å². The lowest BCUT2D eigenvalue weighted by atomic mass is 9.88. The number of nitrogens with zero attached hydrogens (tertiary/aromatic N) is 6. The fourth-order valence-electron chi connectivity index (χ4n) is 3.94. The Morgan fingerprint density at radius 1 is 1.36 bits per heavy atom. The van der Waals surface area contributed by atoms with Crippen molar-refractivity contribution in [1.29, 1.82) is 0 Å². The zero-order chi connectivity index (χ0) is 22.9. The number of carbonyl (C=O) groups excluding carboxylic acids is 1. The van der Waals surface area contributed by atoms with Crippen LogP contribution in [0.15, 0.2) is 55.8 Å². The van der Waals surface area contributed by atoms with Gasteiger partial charge < -0.3 is 19.9 Å². The third-order valence-corrected chi connectivity index (χ3v) is 5.85. The SMILES string of the molecule is C=CC(=O)N(C)C1CC(Oc2nc(Nc3cnn(C)c3)nc3[nH]cc(-c4cccnc4)c23)C1. The summed E-state index contributed by atoms with van der Waals surface area (Å²) >= 11 is 0. The molecule has 5 rings (SSSR count). The number of rotatable bonds is 7. The molecule has 0 atom stereocenters. The molecule has 1 fully saturated rings. The van der Waals surface area contributed by atoms with Gasteiger partial charge >= 0.3 is 0 Å². The van der Waals surface area contributed by atoms with E-state index in [-0.39, 0.29) is 18.1 Å². The van der Waals surface area contributed by atoms with Crippen LogP contribution in [-0.2, 0) is 11.8 Å². The molecule has 4 heterocycles. The third-order valence-electron chi connectivity index (χ3n) is 5.85. The van der Waals surface area contributed by atoms with Gasteiger partial charge in [-0.3, -0.25) is 14.5 Å². The number of carbonyl (C=O) groups is 1. The first-order chi connectivity index (χ1) is 16.0. The zero-order valence-corrected chi connectivity index (χ0v) is 18.4. The number of H-pyrrole nitrogens is 1. The number of anilines is 2. The van der Waals surface area contributed by atoms with Gasteiger partial charge in [-0.15, -0.1) is 0 Å². The molecule has 4 aromatic heterocycles. The van der Waals surface area contributed by atoms with Crippen LogP contribution in [0.2, 0.25) is 0 Å². The molecule has 1 aliphatic rings. The van der Waals surface area contributed by atoms with Crippen LogP contribution in [-0.4, -0.2) is 59.7 Å². The van der Waals surface area contributed by atoms with Gasteiger partial charge in [0.2, 0.25) is 17.7 Å². The Kier molecular flexibility index (Phi) is 5.25. The average Bonchev–Trinajstić information content (AvgIpc) is 3.41. The molecule has 0 bridgehead atoms. The maximum atomic E-state index is 11.9. The summed E-state index contributed by atoms with van der Waals surface area (Å²) in [5, 5.41) is 8.15. The van der Waals surface area contributed by atoms with Crippen LogP contribution in [0.3, 0.4) is 0 Å². The number of aryl methyl sites for hydroxylation is 1. The lowest BCUT2D eigenvalue weighted by molar-refractivity contribution is -0.130. The van der Waals surface area contributed by atoms with Gasteiger partial charge in [0, 0.05) is 68.9 Å². The van der Waals surface area contributed by atoms with Gasteiger partial charge in [0.25, 0.3) is 0 Å². The number of ether oxygens (including phenoxy) is 1. The van der Waals surface area contributed by atoms with Crippen LogP contribution in [0, 0.1) is 0 Å². The molecule has 1 amide bonds. The first-order valence-electron chi connectivity index (χ1n) is 10.6. The normalized spacial score (nSPS) is 17.4.